The molecule has 2 amide bonds. The van der Waals surface area contributed by atoms with Crippen molar-refractivity contribution in [3.63, 3.8) is 0 Å². The lowest BCUT2D eigenvalue weighted by atomic mass is 10.1. The minimum atomic E-state index is -0.0698. The molecule has 0 unspecified atom stereocenters. The summed E-state index contributed by atoms with van der Waals surface area (Å²) in [7, 11) is 0. The van der Waals surface area contributed by atoms with Crippen molar-refractivity contribution in [1.82, 2.24) is 4.90 Å². The summed E-state index contributed by atoms with van der Waals surface area (Å²) >= 11 is 6.12. The molecule has 0 aromatic heterocycles. The van der Waals surface area contributed by atoms with E-state index < -0.39 is 0 Å². The lowest BCUT2D eigenvalue weighted by Gasteiger charge is -2.36. The first kappa shape index (κ1) is 17.6. The maximum atomic E-state index is 12.5. The standard InChI is InChI=1S/C20H24ClN3O/c1-14-5-7-18(12-16(14)3)23-8-10-24(11-9-23)20(25)22-17-6-4-15(2)19(21)13-17/h4-7,12-13H,8-11H2,1-3H3,(H,22,25). The van der Waals surface area contributed by atoms with Crippen molar-refractivity contribution >= 4 is 29.0 Å². The predicted molar refractivity (Wildman–Crippen MR) is 105 cm³/mol. The average molecular weight is 358 g/mol. The highest BCUT2D eigenvalue weighted by Gasteiger charge is 2.21. The van der Waals surface area contributed by atoms with Crippen LogP contribution in [0.2, 0.25) is 5.02 Å². The van der Waals surface area contributed by atoms with Crippen LogP contribution in [-0.4, -0.2) is 37.1 Å². The molecule has 0 saturated carbocycles. The summed E-state index contributed by atoms with van der Waals surface area (Å²) in [5.74, 6) is 0. The Hall–Kier alpha value is -2.20. The second kappa shape index (κ2) is 7.36. The number of aryl methyl sites for hydroxylation is 3. The monoisotopic (exact) mass is 357 g/mol. The van der Waals surface area contributed by atoms with Crippen LogP contribution in [0.25, 0.3) is 0 Å². The second-order valence-corrected chi connectivity index (χ2v) is 7.04. The van der Waals surface area contributed by atoms with Crippen LogP contribution < -0.4 is 10.2 Å². The quantitative estimate of drug-likeness (QED) is 0.851. The molecule has 1 saturated heterocycles. The highest BCUT2D eigenvalue weighted by molar-refractivity contribution is 6.31. The number of hydrogen-bond acceptors (Lipinski definition) is 2. The van der Waals surface area contributed by atoms with Gasteiger partial charge in [0.15, 0.2) is 0 Å². The number of halogens is 1. The van der Waals surface area contributed by atoms with E-state index in [1.54, 1.807) is 6.07 Å². The molecule has 5 heteroatoms. The molecule has 132 valence electrons. The fourth-order valence-electron chi connectivity index (χ4n) is 2.96. The van der Waals surface area contributed by atoms with Crippen LogP contribution in [0.15, 0.2) is 36.4 Å². The fraction of sp³-hybridized carbons (Fsp3) is 0.350. The van der Waals surface area contributed by atoms with Gasteiger partial charge in [-0.3, -0.25) is 0 Å². The Morgan fingerprint density at radius 1 is 0.920 bits per heavy atom. The molecular weight excluding hydrogens is 334 g/mol. The van der Waals surface area contributed by atoms with Crippen LogP contribution in [0.4, 0.5) is 16.2 Å². The summed E-state index contributed by atoms with van der Waals surface area (Å²) in [5, 5.41) is 3.60. The number of nitrogens with zero attached hydrogens (tertiary/aromatic N) is 2. The molecular formula is C20H24ClN3O. The highest BCUT2D eigenvalue weighted by Crippen LogP contribution is 2.22. The predicted octanol–water partition coefficient (Wildman–Crippen LogP) is 4.62. The number of piperazine rings is 1. The minimum absolute atomic E-state index is 0.0698. The van der Waals surface area contributed by atoms with Crippen LogP contribution in [-0.2, 0) is 0 Å². The van der Waals surface area contributed by atoms with E-state index in [0.717, 1.165) is 24.3 Å². The third-order valence-corrected chi connectivity index (χ3v) is 5.25. The molecule has 2 aromatic rings. The third kappa shape index (κ3) is 4.07. The van der Waals surface area contributed by atoms with Crippen LogP contribution in [0.3, 0.4) is 0 Å². The first-order valence-electron chi connectivity index (χ1n) is 8.58. The van der Waals surface area contributed by atoms with Crippen molar-refractivity contribution in [2.75, 3.05) is 36.4 Å². The van der Waals surface area contributed by atoms with Crippen LogP contribution >= 0.6 is 11.6 Å². The zero-order chi connectivity index (χ0) is 18.0. The van der Waals surface area contributed by atoms with E-state index >= 15 is 0 Å². The maximum Gasteiger partial charge on any atom is 0.321 e. The molecule has 1 aliphatic heterocycles. The van der Waals surface area contributed by atoms with Crippen molar-refractivity contribution in [3.05, 3.63) is 58.1 Å². The largest absolute Gasteiger partial charge is 0.368 e. The number of urea groups is 1. The molecule has 4 nitrogen and oxygen atoms in total. The van der Waals surface area contributed by atoms with E-state index in [1.807, 2.05) is 24.0 Å². The van der Waals surface area contributed by atoms with E-state index in [-0.39, 0.29) is 6.03 Å². The van der Waals surface area contributed by atoms with E-state index in [0.29, 0.717) is 18.1 Å². The van der Waals surface area contributed by atoms with Gasteiger partial charge in [-0.05, 0) is 61.7 Å². The normalized spacial score (nSPS) is 14.6. The molecule has 3 rings (SSSR count). The molecule has 1 N–H and O–H groups in total. The molecule has 25 heavy (non-hydrogen) atoms. The summed E-state index contributed by atoms with van der Waals surface area (Å²) in [5.41, 5.74) is 5.57. The average Bonchev–Trinajstić information content (AvgIpc) is 2.61. The molecule has 0 spiro atoms. The molecule has 1 aliphatic rings. The van der Waals surface area contributed by atoms with E-state index in [2.05, 4.69) is 42.3 Å². The summed E-state index contributed by atoms with van der Waals surface area (Å²) in [4.78, 5) is 16.6. The zero-order valence-corrected chi connectivity index (χ0v) is 15.7. The van der Waals surface area contributed by atoms with E-state index in [9.17, 15) is 4.79 Å². The van der Waals surface area contributed by atoms with Crippen LogP contribution in [0.1, 0.15) is 16.7 Å². The molecule has 1 heterocycles. The van der Waals surface area contributed by atoms with Gasteiger partial charge in [0.05, 0.1) is 0 Å². The van der Waals surface area contributed by atoms with Crippen molar-refractivity contribution in [2.45, 2.75) is 20.8 Å². The number of benzene rings is 2. The first-order chi connectivity index (χ1) is 11.9. The number of carbonyl (C=O) groups excluding carboxylic acids is 1. The molecule has 2 aromatic carbocycles. The maximum absolute atomic E-state index is 12.5. The third-order valence-electron chi connectivity index (χ3n) is 4.85. The summed E-state index contributed by atoms with van der Waals surface area (Å²) in [6, 6.07) is 12.1. The van der Waals surface area contributed by atoms with Crippen molar-refractivity contribution < 1.29 is 4.79 Å². The molecule has 0 bridgehead atoms. The van der Waals surface area contributed by atoms with E-state index in [1.165, 1.54) is 16.8 Å². The Labute approximate surface area is 154 Å². The van der Waals surface area contributed by atoms with Gasteiger partial charge in [-0.2, -0.15) is 0 Å². The molecule has 0 aliphatic carbocycles. The van der Waals surface area contributed by atoms with E-state index in [4.69, 9.17) is 11.6 Å². The minimum Gasteiger partial charge on any atom is -0.368 e. The van der Waals surface area contributed by atoms with Gasteiger partial charge in [0.25, 0.3) is 0 Å². The van der Waals surface area contributed by atoms with Crippen LogP contribution in [0.5, 0.6) is 0 Å². The van der Waals surface area contributed by atoms with Crippen LogP contribution in [0, 0.1) is 20.8 Å². The lowest BCUT2D eigenvalue weighted by Crippen LogP contribution is -2.50. The lowest BCUT2D eigenvalue weighted by molar-refractivity contribution is 0.208. The van der Waals surface area contributed by atoms with Crippen molar-refractivity contribution in [1.29, 1.82) is 0 Å². The highest BCUT2D eigenvalue weighted by atomic mass is 35.5. The Balaban J connectivity index is 1.58. The Morgan fingerprint density at radius 3 is 2.24 bits per heavy atom. The van der Waals surface area contributed by atoms with Gasteiger partial charge in [-0.25, -0.2) is 4.79 Å². The Kier molecular flexibility index (Phi) is 5.19. The topological polar surface area (TPSA) is 35.6 Å². The van der Waals surface area contributed by atoms with Gasteiger partial charge in [0, 0.05) is 42.6 Å². The number of amides is 2. The van der Waals surface area contributed by atoms with Gasteiger partial charge in [-0.1, -0.05) is 23.7 Å². The SMILES string of the molecule is Cc1ccc(N2CCN(C(=O)Nc3ccc(C)c(Cl)c3)CC2)cc1C. The summed E-state index contributed by atoms with van der Waals surface area (Å²) < 4.78 is 0. The van der Waals surface area contributed by atoms with Gasteiger partial charge in [0.2, 0.25) is 0 Å². The zero-order valence-electron chi connectivity index (χ0n) is 15.0. The Bertz CT molecular complexity index is 783. The number of anilines is 2. The van der Waals surface area contributed by atoms with Gasteiger partial charge < -0.3 is 15.1 Å². The fourth-order valence-corrected chi connectivity index (χ4v) is 3.14. The summed E-state index contributed by atoms with van der Waals surface area (Å²) in [6.45, 7) is 9.29. The number of nitrogens with one attached hydrogen (secondary N) is 1. The number of hydrogen-bond donors (Lipinski definition) is 1. The van der Waals surface area contributed by atoms with Gasteiger partial charge >= 0.3 is 6.03 Å². The molecule has 0 atom stereocenters. The smallest absolute Gasteiger partial charge is 0.321 e. The second-order valence-electron chi connectivity index (χ2n) is 6.64. The number of carbonyl (C=O) groups is 1. The Morgan fingerprint density at radius 2 is 1.60 bits per heavy atom. The number of rotatable bonds is 2. The van der Waals surface area contributed by atoms with Gasteiger partial charge in [0.1, 0.15) is 0 Å². The van der Waals surface area contributed by atoms with Crippen molar-refractivity contribution in [2.24, 2.45) is 0 Å². The first-order valence-corrected chi connectivity index (χ1v) is 8.96. The molecule has 0 radical (unpaired) electrons. The van der Waals surface area contributed by atoms with Gasteiger partial charge in [-0.15, -0.1) is 0 Å². The molecule has 1 fully saturated rings. The van der Waals surface area contributed by atoms with Crippen molar-refractivity contribution in [3.8, 4) is 0 Å². The summed E-state index contributed by atoms with van der Waals surface area (Å²) in [6.07, 6.45) is 0.